The molecular formula is C17H31N5O5. The van der Waals surface area contributed by atoms with Crippen molar-refractivity contribution in [2.24, 2.45) is 27.4 Å². The van der Waals surface area contributed by atoms with Gasteiger partial charge in [-0.3, -0.25) is 4.79 Å². The first kappa shape index (κ1) is 22.7. The van der Waals surface area contributed by atoms with Crippen LogP contribution in [0.5, 0.6) is 0 Å². The van der Waals surface area contributed by atoms with Gasteiger partial charge in [0.05, 0.1) is 13.2 Å². The summed E-state index contributed by atoms with van der Waals surface area (Å²) in [5.74, 6) is -2.55. The Morgan fingerprint density at radius 3 is 2.33 bits per heavy atom. The summed E-state index contributed by atoms with van der Waals surface area (Å²) in [6.07, 6.45) is 2.30. The van der Waals surface area contributed by atoms with Crippen molar-refractivity contribution in [1.82, 2.24) is 4.90 Å². The summed E-state index contributed by atoms with van der Waals surface area (Å²) in [6.45, 7) is 5.03. The molecule has 0 spiro atoms. The van der Waals surface area contributed by atoms with Gasteiger partial charge in [0, 0.05) is 25.4 Å². The van der Waals surface area contributed by atoms with Crippen molar-refractivity contribution in [2.75, 3.05) is 20.2 Å². The topological polar surface area (TPSA) is 164 Å². The first-order valence-electron chi connectivity index (χ1n) is 9.07. The summed E-state index contributed by atoms with van der Waals surface area (Å²) in [5, 5.41) is 19.9. The third-order valence-corrected chi connectivity index (χ3v) is 4.61. The number of aliphatic hydroxyl groups is 1. The molecule has 4 unspecified atom stereocenters. The first-order valence-corrected chi connectivity index (χ1v) is 9.07. The Bertz CT molecular complexity index is 572. The molecule has 1 fully saturated rings. The Morgan fingerprint density at radius 2 is 1.89 bits per heavy atom. The number of nitrogens with zero attached hydrogens (tertiary/aromatic N) is 3. The number of amides is 1. The molecule has 0 saturated heterocycles. The van der Waals surface area contributed by atoms with Crippen molar-refractivity contribution in [3.63, 3.8) is 0 Å². The molecule has 1 rings (SSSR count). The monoisotopic (exact) mass is 385 g/mol. The fourth-order valence-corrected chi connectivity index (χ4v) is 3.48. The number of carbonyl (C=O) groups is 2. The van der Waals surface area contributed by atoms with Crippen LogP contribution in [-0.4, -0.2) is 77.2 Å². The van der Waals surface area contributed by atoms with Gasteiger partial charge < -0.3 is 31.3 Å². The van der Waals surface area contributed by atoms with Gasteiger partial charge in [0.15, 0.2) is 18.0 Å². The Labute approximate surface area is 159 Å². The molecule has 10 heteroatoms. The van der Waals surface area contributed by atoms with E-state index in [1.165, 1.54) is 7.11 Å². The molecule has 0 bridgehead atoms. The van der Waals surface area contributed by atoms with Gasteiger partial charge in [-0.25, -0.2) is 14.8 Å². The molecule has 1 saturated carbocycles. The molecule has 0 heterocycles. The van der Waals surface area contributed by atoms with Gasteiger partial charge in [-0.05, 0) is 19.3 Å². The lowest BCUT2D eigenvalue weighted by Crippen LogP contribution is -2.45. The maximum absolute atomic E-state index is 13.1. The smallest absolute Gasteiger partial charge is 0.335 e. The Balaban J connectivity index is 3.28. The summed E-state index contributed by atoms with van der Waals surface area (Å²) < 4.78 is 4.87. The number of carbonyl (C=O) groups excluding carboxylic acids is 1. The third kappa shape index (κ3) is 5.81. The molecule has 0 aliphatic heterocycles. The summed E-state index contributed by atoms with van der Waals surface area (Å²) in [7, 11) is 1.40. The Morgan fingerprint density at radius 1 is 1.30 bits per heavy atom. The average Bonchev–Trinajstić information content (AvgIpc) is 2.92. The number of nitrogens with two attached hydrogens (primary N) is 2. The highest BCUT2D eigenvalue weighted by atomic mass is 16.5. The van der Waals surface area contributed by atoms with E-state index in [0.29, 0.717) is 13.1 Å². The Hall–Kier alpha value is -2.36. The molecule has 1 aliphatic carbocycles. The fraction of sp³-hybridized carbons (Fsp3) is 0.765. The van der Waals surface area contributed by atoms with Crippen LogP contribution in [0.25, 0.3) is 0 Å². The van der Waals surface area contributed by atoms with Crippen LogP contribution in [0.3, 0.4) is 0 Å². The van der Waals surface area contributed by atoms with Crippen LogP contribution in [0.4, 0.5) is 0 Å². The van der Waals surface area contributed by atoms with Crippen LogP contribution in [0, 0.1) is 5.92 Å². The predicted molar refractivity (Wildman–Crippen MR) is 101 cm³/mol. The molecule has 27 heavy (non-hydrogen) atoms. The summed E-state index contributed by atoms with van der Waals surface area (Å²) in [4.78, 5) is 34.6. The minimum Gasteiger partial charge on any atom is -0.487 e. The molecule has 0 aromatic heterocycles. The number of hydrogen-bond donors (Lipinski definition) is 4. The first-order chi connectivity index (χ1) is 12.7. The molecule has 154 valence electrons. The normalized spacial score (nSPS) is 25.9. The molecule has 0 aromatic rings. The zero-order valence-corrected chi connectivity index (χ0v) is 16.2. The van der Waals surface area contributed by atoms with E-state index in [4.69, 9.17) is 16.2 Å². The predicted octanol–water partition coefficient (Wildman–Crippen LogP) is -0.454. The maximum atomic E-state index is 13.1. The van der Waals surface area contributed by atoms with E-state index in [-0.39, 0.29) is 24.7 Å². The lowest BCUT2D eigenvalue weighted by molar-refractivity contribution is -0.158. The zero-order chi connectivity index (χ0) is 20.6. The van der Waals surface area contributed by atoms with E-state index < -0.39 is 29.6 Å². The molecule has 4 atom stereocenters. The molecule has 10 nitrogen and oxygen atoms in total. The van der Waals surface area contributed by atoms with E-state index in [0.717, 1.165) is 19.2 Å². The molecule has 0 aromatic carbocycles. The summed E-state index contributed by atoms with van der Waals surface area (Å²) >= 11 is 0. The number of rotatable bonds is 10. The zero-order valence-electron chi connectivity index (χ0n) is 16.2. The highest BCUT2D eigenvalue weighted by Crippen LogP contribution is 2.40. The van der Waals surface area contributed by atoms with E-state index >= 15 is 0 Å². The second-order valence-electron chi connectivity index (χ2n) is 6.79. The highest BCUT2D eigenvalue weighted by Gasteiger charge is 2.53. The van der Waals surface area contributed by atoms with E-state index in [2.05, 4.69) is 9.98 Å². The number of aliphatic carboxylic acids is 1. The fourth-order valence-electron chi connectivity index (χ4n) is 3.48. The van der Waals surface area contributed by atoms with Crippen LogP contribution in [0.2, 0.25) is 0 Å². The van der Waals surface area contributed by atoms with Gasteiger partial charge in [0.1, 0.15) is 6.04 Å². The van der Waals surface area contributed by atoms with Crippen molar-refractivity contribution < 1.29 is 24.5 Å². The number of carboxylic acids is 1. The van der Waals surface area contributed by atoms with Gasteiger partial charge in [-0.1, -0.05) is 13.8 Å². The highest BCUT2D eigenvalue weighted by molar-refractivity contribution is 5.85. The van der Waals surface area contributed by atoms with E-state index in [1.54, 1.807) is 4.90 Å². The van der Waals surface area contributed by atoms with Crippen molar-refractivity contribution in [3.8, 4) is 0 Å². The van der Waals surface area contributed by atoms with Crippen LogP contribution in [0.15, 0.2) is 9.98 Å². The van der Waals surface area contributed by atoms with Gasteiger partial charge >= 0.3 is 5.97 Å². The number of ether oxygens (including phenoxy) is 1. The molecular weight excluding hydrogens is 354 g/mol. The average molecular weight is 385 g/mol. The van der Waals surface area contributed by atoms with Crippen LogP contribution in [-0.2, 0) is 14.3 Å². The van der Waals surface area contributed by atoms with Gasteiger partial charge in [0.25, 0.3) is 0 Å². The van der Waals surface area contributed by atoms with Crippen LogP contribution in [0.1, 0.15) is 39.5 Å². The number of guanidine groups is 1. The van der Waals surface area contributed by atoms with Gasteiger partial charge in [-0.2, -0.15) is 0 Å². The molecule has 6 N–H and O–H groups in total. The van der Waals surface area contributed by atoms with Crippen molar-refractivity contribution >= 4 is 24.2 Å². The van der Waals surface area contributed by atoms with Crippen molar-refractivity contribution in [2.45, 2.75) is 57.2 Å². The molecule has 0 radical (unpaired) electrons. The van der Waals surface area contributed by atoms with Crippen LogP contribution < -0.4 is 11.5 Å². The lowest BCUT2D eigenvalue weighted by Gasteiger charge is -2.29. The number of methoxy groups -OCH3 is 1. The second kappa shape index (κ2) is 10.1. The minimum absolute atomic E-state index is 0.187. The lowest BCUT2D eigenvalue weighted by atomic mass is 9.92. The molecule has 1 amide bonds. The van der Waals surface area contributed by atoms with Gasteiger partial charge in [-0.15, -0.1) is 0 Å². The quantitative estimate of drug-likeness (QED) is 0.292. The van der Waals surface area contributed by atoms with E-state index in [1.807, 2.05) is 13.8 Å². The summed E-state index contributed by atoms with van der Waals surface area (Å²) in [5.41, 5.74) is 8.92. The number of carboxylic acid groups (broad SMARTS) is 1. The largest absolute Gasteiger partial charge is 0.487 e. The van der Waals surface area contributed by atoms with Crippen molar-refractivity contribution in [3.05, 3.63) is 0 Å². The van der Waals surface area contributed by atoms with E-state index in [9.17, 15) is 19.8 Å². The summed E-state index contributed by atoms with van der Waals surface area (Å²) in [6, 6.07) is -1.70. The standard InChI is InChI=1S/C17H31N5O5/c1-4-6-22(7-5-2)14(23)13(20-10-27-3)11-8-17(26,15(24)25)9-12(11)21-16(18)19/h10-13,26H,4-9H2,1-3H3,(H,24,25)(H4,18,19,21). The van der Waals surface area contributed by atoms with Gasteiger partial charge in [0.2, 0.25) is 5.91 Å². The number of aliphatic imine (C=N–C) groups is 2. The maximum Gasteiger partial charge on any atom is 0.335 e. The number of hydrogen-bond acceptors (Lipinski definition) is 6. The second-order valence-corrected chi connectivity index (χ2v) is 6.79. The SMILES string of the molecule is CCCN(CCC)C(=O)C(N=COC)C1CC(O)(C(=O)O)CC1N=C(N)N. The van der Waals surface area contributed by atoms with Crippen molar-refractivity contribution in [1.29, 1.82) is 0 Å². The molecule has 1 aliphatic rings. The Kier molecular flexibility index (Phi) is 8.48. The minimum atomic E-state index is -2.02. The van der Waals surface area contributed by atoms with Crippen LogP contribution >= 0.6 is 0 Å². The third-order valence-electron chi connectivity index (χ3n) is 4.61.